The van der Waals surface area contributed by atoms with Crippen LogP contribution in [0.1, 0.15) is 59.9 Å². The normalized spacial score (nSPS) is 17.7. The fraction of sp³-hybridized carbons (Fsp3) is 0.208. The number of hydrogen-bond donors (Lipinski definition) is 1. The number of hydrogen-bond acceptors (Lipinski definition) is 9. The van der Waals surface area contributed by atoms with Crippen LogP contribution in [0.15, 0.2) is 183 Å². The van der Waals surface area contributed by atoms with Crippen molar-refractivity contribution in [1.29, 1.82) is 0 Å². The lowest BCUT2D eigenvalue weighted by molar-refractivity contribution is -0.135. The number of nitrogens with one attached hydrogen (secondary N) is 1. The SMILES string of the molecule is CCC(=O)[C@H]1O[C@@H](n2cnc3c(NC(c4ccccc4)(c4ccccc4)c4ccc(OC)cc4)ncnc32)[C@H](OC(c2ccccc2)(c2ccccc2)c2ccc(OC)cc2)[C@@H]1C. The number of imidazole rings is 1. The summed E-state index contributed by atoms with van der Waals surface area (Å²) in [6.45, 7) is 3.89. The zero-order valence-electron chi connectivity index (χ0n) is 35.7. The second-order valence-corrected chi connectivity index (χ2v) is 15.7. The van der Waals surface area contributed by atoms with E-state index in [2.05, 4.69) is 66.0 Å². The van der Waals surface area contributed by atoms with Gasteiger partial charge < -0.3 is 24.3 Å². The van der Waals surface area contributed by atoms with Gasteiger partial charge in [0, 0.05) is 12.3 Å². The summed E-state index contributed by atoms with van der Waals surface area (Å²) >= 11 is 0. The zero-order chi connectivity index (χ0) is 43.4. The molecule has 0 amide bonds. The van der Waals surface area contributed by atoms with E-state index in [0.29, 0.717) is 23.4 Å². The summed E-state index contributed by atoms with van der Waals surface area (Å²) in [6.07, 6.45) is 1.33. The molecular weight excluding hydrogens is 787 g/mol. The number of nitrogens with zero attached hydrogens (tertiary/aromatic N) is 4. The largest absolute Gasteiger partial charge is 0.497 e. The van der Waals surface area contributed by atoms with Crippen molar-refractivity contribution in [3.63, 3.8) is 0 Å². The molecule has 1 fully saturated rings. The highest BCUT2D eigenvalue weighted by Crippen LogP contribution is 2.48. The third kappa shape index (κ3) is 7.41. The molecule has 1 aliphatic rings. The Morgan fingerprint density at radius 1 is 0.635 bits per heavy atom. The van der Waals surface area contributed by atoms with Gasteiger partial charge in [-0.1, -0.05) is 159 Å². The predicted octanol–water partition coefficient (Wildman–Crippen LogP) is 10.1. The topological polar surface area (TPSA) is 110 Å². The molecule has 0 saturated carbocycles. The number of ketones is 1. The highest BCUT2D eigenvalue weighted by molar-refractivity contribution is 5.85. The number of anilines is 1. The van der Waals surface area contributed by atoms with Crippen LogP contribution < -0.4 is 14.8 Å². The molecule has 6 aromatic carbocycles. The van der Waals surface area contributed by atoms with Gasteiger partial charge in [-0.15, -0.1) is 0 Å². The minimum absolute atomic E-state index is 0.00975. The van der Waals surface area contributed by atoms with E-state index in [4.69, 9.17) is 33.9 Å². The molecule has 1 saturated heterocycles. The molecule has 0 unspecified atom stereocenters. The van der Waals surface area contributed by atoms with Gasteiger partial charge in [-0.3, -0.25) is 9.36 Å². The Labute approximate surface area is 367 Å². The highest BCUT2D eigenvalue weighted by Gasteiger charge is 2.52. The molecule has 1 N–H and O–H groups in total. The van der Waals surface area contributed by atoms with Gasteiger partial charge in [-0.2, -0.15) is 0 Å². The monoisotopic (exact) mass is 835 g/mol. The van der Waals surface area contributed by atoms with Crippen LogP contribution in [0, 0.1) is 5.92 Å². The fourth-order valence-electron chi connectivity index (χ4n) is 9.06. The zero-order valence-corrected chi connectivity index (χ0v) is 35.7. The van der Waals surface area contributed by atoms with E-state index in [1.165, 1.54) is 6.33 Å². The average Bonchev–Trinajstić information content (AvgIpc) is 3.94. The Balaban J connectivity index is 1.21. The quantitative estimate of drug-likeness (QED) is 0.101. The summed E-state index contributed by atoms with van der Waals surface area (Å²) in [5, 5.41) is 3.89. The van der Waals surface area contributed by atoms with E-state index in [-0.39, 0.29) is 11.7 Å². The molecule has 0 aliphatic carbocycles. The van der Waals surface area contributed by atoms with Crippen molar-refractivity contribution in [2.24, 2.45) is 5.92 Å². The van der Waals surface area contributed by atoms with Crippen LogP contribution >= 0.6 is 0 Å². The molecule has 10 nitrogen and oxygen atoms in total. The molecule has 63 heavy (non-hydrogen) atoms. The molecular formula is C53H49N5O5. The number of carbonyl (C=O) groups is 1. The molecule has 0 bridgehead atoms. The minimum atomic E-state index is -1.14. The Hall–Kier alpha value is -7.14. The van der Waals surface area contributed by atoms with Gasteiger partial charge in [0.25, 0.3) is 0 Å². The van der Waals surface area contributed by atoms with Gasteiger partial charge in [-0.25, -0.2) is 15.0 Å². The molecule has 8 aromatic rings. The minimum Gasteiger partial charge on any atom is -0.497 e. The van der Waals surface area contributed by atoms with Crippen molar-refractivity contribution in [3.8, 4) is 11.5 Å². The molecule has 2 aromatic heterocycles. The van der Waals surface area contributed by atoms with E-state index in [9.17, 15) is 4.79 Å². The summed E-state index contributed by atoms with van der Waals surface area (Å²) < 4.78 is 27.7. The van der Waals surface area contributed by atoms with E-state index in [1.807, 2.05) is 128 Å². The number of ether oxygens (including phenoxy) is 4. The first-order chi connectivity index (χ1) is 30.9. The molecule has 3 heterocycles. The Morgan fingerprint density at radius 3 is 1.59 bits per heavy atom. The molecule has 0 radical (unpaired) electrons. The summed E-state index contributed by atoms with van der Waals surface area (Å²) in [5.41, 5.74) is 4.64. The molecule has 0 spiro atoms. The van der Waals surface area contributed by atoms with Crippen LogP contribution in [0.25, 0.3) is 11.2 Å². The average molecular weight is 836 g/mol. The van der Waals surface area contributed by atoms with Crippen LogP contribution in [0.2, 0.25) is 0 Å². The standard InChI is InChI=1S/C53H49N5O5/c1-5-45(59)47-36(2)48(63-53(40-22-14-8-15-23-40,41-24-16-9-17-25-41)42-28-32-44(61-4)33-29-42)51(62-47)58-35-56-46-49(54-34-55-50(46)58)57-52(37-18-10-6-11-19-37,38-20-12-7-13-21-38)39-26-30-43(60-3)31-27-39/h6-36,47-48,51H,5H2,1-4H3,(H,54,55,57)/t36-,47+,48-,51-/m1/s1. The molecule has 316 valence electrons. The van der Waals surface area contributed by atoms with Crippen LogP contribution in [-0.2, 0) is 25.4 Å². The Morgan fingerprint density at radius 2 is 1.10 bits per heavy atom. The number of carbonyl (C=O) groups excluding carboxylic acids is 1. The molecule has 1 aliphatic heterocycles. The Bertz CT molecular complexity index is 2690. The van der Waals surface area contributed by atoms with E-state index in [1.54, 1.807) is 20.5 Å². The lowest BCUT2D eigenvalue weighted by atomic mass is 9.77. The lowest BCUT2D eigenvalue weighted by Gasteiger charge is -2.40. The number of Topliss-reactive ketones (excluding diaryl/α,β-unsaturated/α-hetero) is 1. The maximum Gasteiger partial charge on any atom is 0.167 e. The first kappa shape index (κ1) is 41.2. The van der Waals surface area contributed by atoms with Gasteiger partial charge >= 0.3 is 0 Å². The van der Waals surface area contributed by atoms with Gasteiger partial charge in [0.2, 0.25) is 0 Å². The fourth-order valence-corrected chi connectivity index (χ4v) is 9.06. The van der Waals surface area contributed by atoms with E-state index >= 15 is 0 Å². The van der Waals surface area contributed by atoms with Crippen molar-refractivity contribution in [2.45, 2.75) is 49.8 Å². The van der Waals surface area contributed by atoms with Gasteiger partial charge in [0.1, 0.15) is 41.2 Å². The number of rotatable bonds is 15. The number of methoxy groups -OCH3 is 2. The third-order valence-electron chi connectivity index (χ3n) is 12.3. The first-order valence-electron chi connectivity index (χ1n) is 21.2. The van der Waals surface area contributed by atoms with Crippen molar-refractivity contribution in [2.75, 3.05) is 19.5 Å². The van der Waals surface area contributed by atoms with Gasteiger partial charge in [0.15, 0.2) is 29.0 Å². The van der Waals surface area contributed by atoms with Crippen LogP contribution in [0.3, 0.4) is 0 Å². The van der Waals surface area contributed by atoms with Crippen molar-refractivity contribution in [3.05, 3.63) is 216 Å². The second kappa shape index (κ2) is 17.7. The second-order valence-electron chi connectivity index (χ2n) is 15.7. The summed E-state index contributed by atoms with van der Waals surface area (Å²) in [5.74, 6) is 1.60. The van der Waals surface area contributed by atoms with E-state index < -0.39 is 29.6 Å². The predicted molar refractivity (Wildman–Crippen MR) is 244 cm³/mol. The maximum atomic E-state index is 13.8. The van der Waals surface area contributed by atoms with E-state index in [0.717, 1.165) is 44.9 Å². The number of fused-ring (bicyclic) bond motifs is 1. The van der Waals surface area contributed by atoms with Crippen LogP contribution in [-0.4, -0.2) is 51.7 Å². The van der Waals surface area contributed by atoms with Crippen LogP contribution in [0.5, 0.6) is 11.5 Å². The third-order valence-corrected chi connectivity index (χ3v) is 12.3. The Kier molecular flexibility index (Phi) is 11.6. The lowest BCUT2D eigenvalue weighted by Crippen LogP contribution is -2.41. The van der Waals surface area contributed by atoms with Gasteiger partial charge in [0.05, 0.1) is 20.5 Å². The van der Waals surface area contributed by atoms with Crippen LogP contribution in [0.4, 0.5) is 5.82 Å². The highest BCUT2D eigenvalue weighted by atomic mass is 16.6. The first-order valence-corrected chi connectivity index (χ1v) is 21.2. The summed E-state index contributed by atoms with van der Waals surface area (Å²) in [4.78, 5) is 28.5. The number of benzene rings is 6. The molecule has 4 atom stereocenters. The van der Waals surface area contributed by atoms with Crippen molar-refractivity contribution in [1.82, 2.24) is 19.5 Å². The summed E-state index contributed by atoms with van der Waals surface area (Å²) in [7, 11) is 3.32. The molecule has 9 rings (SSSR count). The summed E-state index contributed by atoms with van der Waals surface area (Å²) in [6, 6.07) is 57.0. The number of aromatic nitrogens is 4. The smallest absolute Gasteiger partial charge is 0.167 e. The molecule has 10 heteroatoms. The van der Waals surface area contributed by atoms with Crippen molar-refractivity contribution < 1.29 is 23.7 Å². The van der Waals surface area contributed by atoms with Crippen molar-refractivity contribution >= 4 is 22.8 Å². The van der Waals surface area contributed by atoms with Gasteiger partial charge in [-0.05, 0) is 57.6 Å². The maximum absolute atomic E-state index is 13.8.